The Labute approximate surface area is 112 Å². The first-order valence-electron chi connectivity index (χ1n) is 6.66. The van der Waals surface area contributed by atoms with E-state index in [0.717, 1.165) is 17.2 Å². The van der Waals surface area contributed by atoms with E-state index in [-0.39, 0.29) is 0 Å². The van der Waals surface area contributed by atoms with Gasteiger partial charge in [-0.3, -0.25) is 4.90 Å². The summed E-state index contributed by atoms with van der Waals surface area (Å²) < 4.78 is 1.26. The standard InChI is InChI=1S/C14H19N3S/c1-11(17-8-4-5-9-17)10-15-14-16-12-6-2-3-7-13(12)18-14/h2-3,6-7,11H,4-5,8-10H2,1H3,(H,15,16). The van der Waals surface area contributed by atoms with Gasteiger partial charge in [0.1, 0.15) is 0 Å². The van der Waals surface area contributed by atoms with E-state index in [4.69, 9.17) is 0 Å². The fourth-order valence-corrected chi connectivity index (χ4v) is 3.37. The van der Waals surface area contributed by atoms with Gasteiger partial charge in [-0.05, 0) is 45.0 Å². The minimum Gasteiger partial charge on any atom is -0.360 e. The van der Waals surface area contributed by atoms with E-state index in [1.54, 1.807) is 11.3 Å². The maximum absolute atomic E-state index is 4.60. The molecule has 1 aliphatic rings. The first-order valence-corrected chi connectivity index (χ1v) is 7.48. The highest BCUT2D eigenvalue weighted by atomic mass is 32.1. The van der Waals surface area contributed by atoms with E-state index in [1.165, 1.54) is 30.6 Å². The predicted molar refractivity (Wildman–Crippen MR) is 78.4 cm³/mol. The normalized spacial score (nSPS) is 18.3. The molecule has 4 heteroatoms. The third-order valence-electron chi connectivity index (χ3n) is 3.61. The van der Waals surface area contributed by atoms with Crippen molar-refractivity contribution in [1.82, 2.24) is 9.88 Å². The zero-order valence-corrected chi connectivity index (χ0v) is 11.5. The van der Waals surface area contributed by atoms with Crippen molar-refractivity contribution in [1.29, 1.82) is 0 Å². The molecule has 1 N–H and O–H groups in total. The van der Waals surface area contributed by atoms with Crippen molar-refractivity contribution in [2.75, 3.05) is 25.0 Å². The zero-order chi connectivity index (χ0) is 12.4. The second-order valence-electron chi connectivity index (χ2n) is 4.96. The van der Waals surface area contributed by atoms with Crippen LogP contribution in [0.2, 0.25) is 0 Å². The maximum Gasteiger partial charge on any atom is 0.183 e. The number of hydrogen-bond donors (Lipinski definition) is 1. The van der Waals surface area contributed by atoms with Crippen LogP contribution in [-0.4, -0.2) is 35.6 Å². The number of para-hydroxylation sites is 1. The molecule has 1 aromatic heterocycles. The summed E-state index contributed by atoms with van der Waals surface area (Å²) in [6, 6.07) is 8.90. The molecule has 0 spiro atoms. The number of thiazole rings is 1. The van der Waals surface area contributed by atoms with Crippen molar-refractivity contribution in [3.05, 3.63) is 24.3 Å². The van der Waals surface area contributed by atoms with E-state index in [2.05, 4.69) is 40.3 Å². The van der Waals surface area contributed by atoms with E-state index in [0.29, 0.717) is 6.04 Å². The van der Waals surface area contributed by atoms with Gasteiger partial charge in [0.15, 0.2) is 5.13 Å². The highest BCUT2D eigenvalue weighted by molar-refractivity contribution is 7.22. The van der Waals surface area contributed by atoms with Gasteiger partial charge in [0.25, 0.3) is 0 Å². The molecule has 1 unspecified atom stereocenters. The summed E-state index contributed by atoms with van der Waals surface area (Å²) in [4.78, 5) is 7.16. The lowest BCUT2D eigenvalue weighted by molar-refractivity contribution is 0.269. The molecule has 3 nitrogen and oxygen atoms in total. The molecule has 0 bridgehead atoms. The molecule has 0 amide bonds. The molecule has 1 atom stereocenters. The number of hydrogen-bond acceptors (Lipinski definition) is 4. The minimum atomic E-state index is 0.597. The summed E-state index contributed by atoms with van der Waals surface area (Å²) >= 11 is 1.74. The van der Waals surface area contributed by atoms with Crippen LogP contribution < -0.4 is 5.32 Å². The largest absolute Gasteiger partial charge is 0.360 e. The summed E-state index contributed by atoms with van der Waals surface area (Å²) in [5.74, 6) is 0. The first-order chi connectivity index (χ1) is 8.83. The SMILES string of the molecule is CC(CNc1nc2ccccc2s1)N1CCCC1. The van der Waals surface area contributed by atoms with Crippen LogP contribution in [-0.2, 0) is 0 Å². The van der Waals surface area contributed by atoms with Crippen molar-refractivity contribution in [2.45, 2.75) is 25.8 Å². The number of anilines is 1. The Kier molecular flexibility index (Phi) is 3.48. The highest BCUT2D eigenvalue weighted by Gasteiger charge is 2.17. The van der Waals surface area contributed by atoms with E-state index in [1.807, 2.05) is 6.07 Å². The molecule has 18 heavy (non-hydrogen) atoms. The van der Waals surface area contributed by atoms with Gasteiger partial charge >= 0.3 is 0 Å². The molecule has 3 rings (SSSR count). The topological polar surface area (TPSA) is 28.2 Å². The third kappa shape index (κ3) is 2.49. The van der Waals surface area contributed by atoms with E-state index < -0.39 is 0 Å². The van der Waals surface area contributed by atoms with Crippen molar-refractivity contribution in [3.8, 4) is 0 Å². The fourth-order valence-electron chi connectivity index (χ4n) is 2.49. The molecule has 1 aliphatic heterocycles. The average Bonchev–Trinajstić information content (AvgIpc) is 3.04. The smallest absolute Gasteiger partial charge is 0.183 e. The van der Waals surface area contributed by atoms with E-state index >= 15 is 0 Å². The van der Waals surface area contributed by atoms with Crippen molar-refractivity contribution in [2.24, 2.45) is 0 Å². The monoisotopic (exact) mass is 261 g/mol. The summed E-state index contributed by atoms with van der Waals surface area (Å²) in [7, 11) is 0. The molecule has 1 saturated heterocycles. The molecule has 0 saturated carbocycles. The Hall–Kier alpha value is -1.13. The van der Waals surface area contributed by atoms with Crippen LogP contribution in [0.25, 0.3) is 10.2 Å². The number of likely N-dealkylation sites (tertiary alicyclic amines) is 1. The number of fused-ring (bicyclic) bond motifs is 1. The van der Waals surface area contributed by atoms with Crippen molar-refractivity contribution >= 4 is 26.7 Å². The third-order valence-corrected chi connectivity index (χ3v) is 4.60. The maximum atomic E-state index is 4.60. The molecular weight excluding hydrogens is 242 g/mol. The predicted octanol–water partition coefficient (Wildman–Crippen LogP) is 3.19. The second kappa shape index (κ2) is 5.24. The number of aromatic nitrogens is 1. The molecule has 0 aliphatic carbocycles. The van der Waals surface area contributed by atoms with Crippen LogP contribution in [0, 0.1) is 0 Å². The molecular formula is C14H19N3S. The Morgan fingerprint density at radius 1 is 1.33 bits per heavy atom. The number of nitrogens with one attached hydrogen (secondary N) is 1. The van der Waals surface area contributed by atoms with Gasteiger partial charge < -0.3 is 5.32 Å². The molecule has 96 valence electrons. The molecule has 1 fully saturated rings. The van der Waals surface area contributed by atoms with Crippen LogP contribution in [0.4, 0.5) is 5.13 Å². The van der Waals surface area contributed by atoms with Gasteiger partial charge in [0, 0.05) is 12.6 Å². The van der Waals surface area contributed by atoms with Crippen LogP contribution in [0.3, 0.4) is 0 Å². The van der Waals surface area contributed by atoms with Crippen LogP contribution in [0.1, 0.15) is 19.8 Å². The zero-order valence-electron chi connectivity index (χ0n) is 10.7. The Balaban J connectivity index is 1.62. The van der Waals surface area contributed by atoms with Gasteiger partial charge in [-0.2, -0.15) is 0 Å². The van der Waals surface area contributed by atoms with Crippen LogP contribution in [0.15, 0.2) is 24.3 Å². The molecule has 0 radical (unpaired) electrons. The minimum absolute atomic E-state index is 0.597. The number of nitrogens with zero attached hydrogens (tertiary/aromatic N) is 2. The molecule has 1 aromatic carbocycles. The fraction of sp³-hybridized carbons (Fsp3) is 0.500. The summed E-state index contributed by atoms with van der Waals surface area (Å²) in [5, 5.41) is 4.52. The number of benzene rings is 1. The number of rotatable bonds is 4. The van der Waals surface area contributed by atoms with Gasteiger partial charge in [-0.15, -0.1) is 0 Å². The van der Waals surface area contributed by atoms with Crippen LogP contribution in [0.5, 0.6) is 0 Å². The quantitative estimate of drug-likeness (QED) is 0.916. The summed E-state index contributed by atoms with van der Waals surface area (Å²) in [5.41, 5.74) is 1.10. The second-order valence-corrected chi connectivity index (χ2v) is 5.99. The first kappa shape index (κ1) is 11.9. The lowest BCUT2D eigenvalue weighted by Crippen LogP contribution is -2.35. The van der Waals surface area contributed by atoms with Crippen LogP contribution >= 0.6 is 11.3 Å². The summed E-state index contributed by atoms with van der Waals surface area (Å²) in [6.07, 6.45) is 2.71. The lowest BCUT2D eigenvalue weighted by atomic mass is 10.3. The Morgan fingerprint density at radius 2 is 2.11 bits per heavy atom. The van der Waals surface area contributed by atoms with Gasteiger partial charge in [-0.1, -0.05) is 23.5 Å². The Morgan fingerprint density at radius 3 is 2.89 bits per heavy atom. The van der Waals surface area contributed by atoms with Gasteiger partial charge in [0.2, 0.25) is 0 Å². The highest BCUT2D eigenvalue weighted by Crippen LogP contribution is 2.25. The van der Waals surface area contributed by atoms with E-state index in [9.17, 15) is 0 Å². The van der Waals surface area contributed by atoms with Crippen molar-refractivity contribution in [3.63, 3.8) is 0 Å². The molecule has 2 aromatic rings. The lowest BCUT2D eigenvalue weighted by Gasteiger charge is -2.23. The molecule has 2 heterocycles. The van der Waals surface area contributed by atoms with Gasteiger partial charge in [-0.25, -0.2) is 4.98 Å². The summed E-state index contributed by atoms with van der Waals surface area (Å²) in [6.45, 7) is 5.79. The van der Waals surface area contributed by atoms with Crippen molar-refractivity contribution < 1.29 is 0 Å². The average molecular weight is 261 g/mol. The van der Waals surface area contributed by atoms with Gasteiger partial charge in [0.05, 0.1) is 10.2 Å². The Bertz CT molecular complexity index is 483.